The molecule has 1 aromatic heterocycles. The molecule has 0 saturated heterocycles. The summed E-state index contributed by atoms with van der Waals surface area (Å²) in [6, 6.07) is 13.0. The molecule has 0 radical (unpaired) electrons. The fourth-order valence-electron chi connectivity index (χ4n) is 2.12. The Morgan fingerprint density at radius 1 is 1.05 bits per heavy atom. The lowest BCUT2D eigenvalue weighted by Crippen LogP contribution is -2.25. The molecule has 0 spiro atoms. The van der Waals surface area contributed by atoms with Gasteiger partial charge in [0.2, 0.25) is 0 Å². The largest absolute Gasteiger partial charge is 0.395 e. The van der Waals surface area contributed by atoms with Crippen LogP contribution in [0.1, 0.15) is 22.9 Å². The maximum absolute atomic E-state index is 9.19. The topological polar surface area (TPSA) is 23.5 Å². The van der Waals surface area contributed by atoms with Gasteiger partial charge in [0.1, 0.15) is 0 Å². The Hall–Kier alpha value is -1.16. The highest BCUT2D eigenvalue weighted by atomic mass is 32.1. The molecular weight excluding hydrogens is 254 g/mol. The molecule has 0 aliphatic heterocycles. The highest BCUT2D eigenvalue weighted by molar-refractivity contribution is 7.09. The number of aliphatic hydroxyl groups is 1. The van der Waals surface area contributed by atoms with Crippen molar-refractivity contribution >= 4 is 11.3 Å². The molecule has 2 rings (SSSR count). The summed E-state index contributed by atoms with van der Waals surface area (Å²) in [6.07, 6.45) is 1.08. The predicted octanol–water partition coefficient (Wildman–Crippen LogP) is 3.31. The first-order chi connectivity index (χ1) is 9.31. The maximum atomic E-state index is 9.19. The summed E-state index contributed by atoms with van der Waals surface area (Å²) >= 11 is 1.77. The molecule has 0 aliphatic rings. The maximum Gasteiger partial charge on any atom is 0.0558 e. The molecule has 102 valence electrons. The van der Waals surface area contributed by atoms with E-state index in [0.29, 0.717) is 6.54 Å². The third-order valence-corrected chi connectivity index (χ3v) is 4.07. The van der Waals surface area contributed by atoms with Gasteiger partial charge in [-0.1, -0.05) is 37.3 Å². The van der Waals surface area contributed by atoms with Crippen LogP contribution in [0.15, 0.2) is 41.8 Å². The second kappa shape index (κ2) is 7.43. The monoisotopic (exact) mass is 275 g/mol. The molecular formula is C16H21NOS. The van der Waals surface area contributed by atoms with Gasteiger partial charge >= 0.3 is 0 Å². The highest BCUT2D eigenvalue weighted by Crippen LogP contribution is 2.14. The van der Waals surface area contributed by atoms with Gasteiger partial charge in [0.15, 0.2) is 0 Å². The van der Waals surface area contributed by atoms with Crippen molar-refractivity contribution in [1.82, 2.24) is 4.90 Å². The third kappa shape index (κ3) is 4.46. The molecule has 3 heteroatoms. The number of thiophene rings is 1. The van der Waals surface area contributed by atoms with Crippen LogP contribution < -0.4 is 0 Å². The Balaban J connectivity index is 1.98. The van der Waals surface area contributed by atoms with Crippen LogP contribution in [0.2, 0.25) is 0 Å². The van der Waals surface area contributed by atoms with Crippen molar-refractivity contribution in [3.8, 4) is 0 Å². The number of rotatable bonds is 7. The standard InChI is InChI=1S/C16H21NOS/c1-2-14-5-7-15(8-6-14)12-17(9-10-18)13-16-4-3-11-19-16/h3-8,11,18H,2,9-10,12-13H2,1H3. The first kappa shape index (κ1) is 14.3. The molecule has 0 saturated carbocycles. The second-order valence-corrected chi connectivity index (χ2v) is 5.72. The number of nitrogens with zero attached hydrogens (tertiary/aromatic N) is 1. The summed E-state index contributed by atoms with van der Waals surface area (Å²) in [5, 5.41) is 11.3. The number of hydrogen-bond acceptors (Lipinski definition) is 3. The van der Waals surface area contributed by atoms with Crippen molar-refractivity contribution in [2.24, 2.45) is 0 Å². The fraction of sp³-hybridized carbons (Fsp3) is 0.375. The Bertz CT molecular complexity index is 464. The van der Waals surface area contributed by atoms with Gasteiger partial charge in [-0.3, -0.25) is 4.90 Å². The minimum absolute atomic E-state index is 0.207. The highest BCUT2D eigenvalue weighted by Gasteiger charge is 2.07. The van der Waals surface area contributed by atoms with E-state index in [2.05, 4.69) is 53.6 Å². The smallest absolute Gasteiger partial charge is 0.0558 e. The Kier molecular flexibility index (Phi) is 5.58. The lowest BCUT2D eigenvalue weighted by molar-refractivity contribution is 0.185. The van der Waals surface area contributed by atoms with Crippen molar-refractivity contribution in [3.63, 3.8) is 0 Å². The number of benzene rings is 1. The van der Waals surface area contributed by atoms with Gasteiger partial charge in [-0.15, -0.1) is 11.3 Å². The fourth-order valence-corrected chi connectivity index (χ4v) is 2.86. The zero-order valence-corrected chi connectivity index (χ0v) is 12.2. The molecule has 0 unspecified atom stereocenters. The van der Waals surface area contributed by atoms with Gasteiger partial charge in [0.25, 0.3) is 0 Å². The van der Waals surface area contributed by atoms with E-state index in [9.17, 15) is 5.11 Å². The van der Waals surface area contributed by atoms with Crippen molar-refractivity contribution in [1.29, 1.82) is 0 Å². The van der Waals surface area contributed by atoms with Crippen molar-refractivity contribution in [2.75, 3.05) is 13.2 Å². The quantitative estimate of drug-likeness (QED) is 0.838. The molecule has 0 amide bonds. The average Bonchev–Trinajstić information content (AvgIpc) is 2.93. The SMILES string of the molecule is CCc1ccc(CN(CCO)Cc2cccs2)cc1. The second-order valence-electron chi connectivity index (χ2n) is 4.68. The third-order valence-electron chi connectivity index (χ3n) is 3.21. The van der Waals surface area contributed by atoms with E-state index in [1.165, 1.54) is 16.0 Å². The van der Waals surface area contributed by atoms with Crippen LogP contribution >= 0.6 is 11.3 Å². The molecule has 19 heavy (non-hydrogen) atoms. The molecule has 1 heterocycles. The van der Waals surface area contributed by atoms with Gasteiger partial charge in [-0.05, 0) is 29.0 Å². The normalized spacial score (nSPS) is 11.1. The van der Waals surface area contributed by atoms with Crippen molar-refractivity contribution < 1.29 is 5.11 Å². The van der Waals surface area contributed by atoms with Gasteiger partial charge in [-0.2, -0.15) is 0 Å². The van der Waals surface area contributed by atoms with Crippen molar-refractivity contribution in [3.05, 3.63) is 57.8 Å². The predicted molar refractivity (Wildman–Crippen MR) is 81.3 cm³/mol. The van der Waals surface area contributed by atoms with Crippen LogP contribution in [0.3, 0.4) is 0 Å². The zero-order valence-electron chi connectivity index (χ0n) is 11.4. The number of hydrogen-bond donors (Lipinski definition) is 1. The van der Waals surface area contributed by atoms with E-state index in [-0.39, 0.29) is 6.61 Å². The minimum Gasteiger partial charge on any atom is -0.395 e. The molecule has 0 fully saturated rings. The summed E-state index contributed by atoms with van der Waals surface area (Å²) in [6.45, 7) is 4.89. The molecule has 1 N–H and O–H groups in total. The van der Waals surface area contributed by atoms with Gasteiger partial charge in [-0.25, -0.2) is 0 Å². The first-order valence-corrected chi connectivity index (χ1v) is 7.63. The van der Waals surface area contributed by atoms with Gasteiger partial charge in [0, 0.05) is 24.5 Å². The summed E-state index contributed by atoms with van der Waals surface area (Å²) in [4.78, 5) is 3.63. The summed E-state index contributed by atoms with van der Waals surface area (Å²) in [5.41, 5.74) is 2.68. The van der Waals surface area contributed by atoms with E-state index in [0.717, 1.165) is 19.5 Å². The van der Waals surface area contributed by atoms with E-state index in [1.807, 2.05) is 0 Å². The van der Waals surface area contributed by atoms with Gasteiger partial charge in [0.05, 0.1) is 6.61 Å². The van der Waals surface area contributed by atoms with Crippen LogP contribution in [0.4, 0.5) is 0 Å². The lowest BCUT2D eigenvalue weighted by Gasteiger charge is -2.20. The van der Waals surface area contributed by atoms with E-state index in [1.54, 1.807) is 11.3 Å². The summed E-state index contributed by atoms with van der Waals surface area (Å²) < 4.78 is 0. The van der Waals surface area contributed by atoms with Crippen LogP contribution in [-0.4, -0.2) is 23.2 Å². The molecule has 2 nitrogen and oxygen atoms in total. The van der Waals surface area contributed by atoms with E-state index >= 15 is 0 Å². The summed E-state index contributed by atoms with van der Waals surface area (Å²) in [7, 11) is 0. The molecule has 0 bridgehead atoms. The van der Waals surface area contributed by atoms with Crippen LogP contribution in [0, 0.1) is 0 Å². The molecule has 1 aromatic carbocycles. The number of aliphatic hydroxyl groups excluding tert-OH is 1. The zero-order chi connectivity index (χ0) is 13.5. The summed E-state index contributed by atoms with van der Waals surface area (Å²) in [5.74, 6) is 0. The Labute approximate surface area is 119 Å². The molecule has 0 aliphatic carbocycles. The van der Waals surface area contributed by atoms with Crippen LogP contribution in [0.25, 0.3) is 0 Å². The van der Waals surface area contributed by atoms with Crippen molar-refractivity contribution in [2.45, 2.75) is 26.4 Å². The molecule has 0 atom stereocenters. The van der Waals surface area contributed by atoms with E-state index < -0.39 is 0 Å². The number of aryl methyl sites for hydroxylation is 1. The minimum atomic E-state index is 0.207. The Morgan fingerprint density at radius 2 is 1.79 bits per heavy atom. The first-order valence-electron chi connectivity index (χ1n) is 6.75. The Morgan fingerprint density at radius 3 is 2.37 bits per heavy atom. The van der Waals surface area contributed by atoms with Crippen LogP contribution in [-0.2, 0) is 19.5 Å². The lowest BCUT2D eigenvalue weighted by atomic mass is 10.1. The molecule has 2 aromatic rings. The van der Waals surface area contributed by atoms with Crippen LogP contribution in [0.5, 0.6) is 0 Å². The van der Waals surface area contributed by atoms with Gasteiger partial charge < -0.3 is 5.11 Å². The average molecular weight is 275 g/mol. The van der Waals surface area contributed by atoms with E-state index in [4.69, 9.17) is 0 Å².